The Labute approximate surface area is 96.5 Å². The normalized spacial score (nSPS) is 10.5. The van der Waals surface area contributed by atoms with Crippen LogP contribution in [0.1, 0.15) is 12.7 Å². The van der Waals surface area contributed by atoms with Crippen LogP contribution in [0, 0.1) is 11.3 Å². The van der Waals surface area contributed by atoms with Gasteiger partial charge < -0.3 is 4.57 Å². The Hall–Kier alpha value is -1.34. The summed E-state index contributed by atoms with van der Waals surface area (Å²) in [4.78, 5) is 4.44. The van der Waals surface area contributed by atoms with Gasteiger partial charge in [0.2, 0.25) is 0 Å². The highest BCUT2D eigenvalue weighted by atomic mass is 79.9. The molecule has 0 aliphatic carbocycles. The monoisotopic (exact) mass is 263 g/mol. The van der Waals surface area contributed by atoms with Crippen LogP contribution in [0.5, 0.6) is 0 Å². The fraction of sp³-hybridized carbons (Fsp3) is 0.273. The van der Waals surface area contributed by atoms with Gasteiger partial charge in [0.25, 0.3) is 0 Å². The number of hydrogen-bond acceptors (Lipinski definition) is 2. The summed E-state index contributed by atoms with van der Waals surface area (Å²) < 4.78 is 3.09. The Balaban J connectivity index is 2.68. The van der Waals surface area contributed by atoms with Crippen LogP contribution in [-0.4, -0.2) is 9.55 Å². The Morgan fingerprint density at radius 2 is 2.33 bits per heavy atom. The van der Waals surface area contributed by atoms with E-state index in [9.17, 15) is 0 Å². The molecule has 2 rings (SSSR count). The molecular weight excluding hydrogens is 254 g/mol. The van der Waals surface area contributed by atoms with Crippen LogP contribution in [0.4, 0.5) is 0 Å². The summed E-state index contributed by atoms with van der Waals surface area (Å²) in [7, 11) is 0. The summed E-state index contributed by atoms with van der Waals surface area (Å²) in [5.74, 6) is 0.841. The molecule has 4 heteroatoms. The van der Waals surface area contributed by atoms with Gasteiger partial charge in [0, 0.05) is 11.0 Å². The van der Waals surface area contributed by atoms with Crippen molar-refractivity contribution in [3.05, 3.63) is 28.5 Å². The first-order valence-electron chi connectivity index (χ1n) is 4.78. The minimum absolute atomic E-state index is 0.361. The van der Waals surface area contributed by atoms with Crippen molar-refractivity contribution in [2.45, 2.75) is 19.9 Å². The molecule has 0 amide bonds. The van der Waals surface area contributed by atoms with Crippen molar-refractivity contribution in [1.82, 2.24) is 9.55 Å². The third-order valence-electron chi connectivity index (χ3n) is 2.34. The maximum atomic E-state index is 8.71. The predicted molar refractivity (Wildman–Crippen MR) is 62.4 cm³/mol. The molecule has 0 fully saturated rings. The van der Waals surface area contributed by atoms with Crippen LogP contribution in [0.2, 0.25) is 0 Å². The number of fused-ring (bicyclic) bond motifs is 1. The second-order valence-corrected chi connectivity index (χ2v) is 4.16. The molecule has 0 atom stereocenters. The molecule has 0 N–H and O–H groups in total. The summed E-state index contributed by atoms with van der Waals surface area (Å²) >= 11 is 3.41. The standard InChI is InChI=1S/C11H10BrN3/c1-2-15-10-4-3-8(12)7-9(10)14-11(15)5-6-13/h3-4,7H,2,5H2,1H3. The number of rotatable bonds is 2. The van der Waals surface area contributed by atoms with Gasteiger partial charge in [-0.3, -0.25) is 0 Å². The maximum absolute atomic E-state index is 8.71. The minimum Gasteiger partial charge on any atom is -0.327 e. The molecule has 0 unspecified atom stereocenters. The van der Waals surface area contributed by atoms with E-state index in [2.05, 4.69) is 38.5 Å². The summed E-state index contributed by atoms with van der Waals surface area (Å²) in [5.41, 5.74) is 2.03. The molecule has 0 bridgehead atoms. The number of aryl methyl sites for hydroxylation is 1. The molecule has 0 radical (unpaired) electrons. The van der Waals surface area contributed by atoms with Crippen LogP contribution in [0.3, 0.4) is 0 Å². The van der Waals surface area contributed by atoms with Gasteiger partial charge in [-0.1, -0.05) is 15.9 Å². The first-order chi connectivity index (χ1) is 7.26. The van der Waals surface area contributed by atoms with Gasteiger partial charge >= 0.3 is 0 Å². The van der Waals surface area contributed by atoms with E-state index in [-0.39, 0.29) is 0 Å². The highest BCUT2D eigenvalue weighted by Crippen LogP contribution is 2.21. The van der Waals surface area contributed by atoms with E-state index in [1.54, 1.807) is 0 Å². The second kappa shape index (κ2) is 4.03. The summed E-state index contributed by atoms with van der Waals surface area (Å²) in [5, 5.41) is 8.71. The molecule has 76 valence electrons. The Bertz CT molecular complexity index is 536. The quantitative estimate of drug-likeness (QED) is 0.836. The molecule has 1 aromatic carbocycles. The van der Waals surface area contributed by atoms with Crippen LogP contribution in [0.15, 0.2) is 22.7 Å². The van der Waals surface area contributed by atoms with Crippen molar-refractivity contribution in [3.8, 4) is 6.07 Å². The highest BCUT2D eigenvalue weighted by Gasteiger charge is 2.08. The molecule has 0 saturated carbocycles. The number of benzene rings is 1. The molecule has 1 heterocycles. The van der Waals surface area contributed by atoms with E-state index in [4.69, 9.17) is 5.26 Å². The van der Waals surface area contributed by atoms with E-state index in [1.807, 2.05) is 18.2 Å². The zero-order valence-corrected chi connectivity index (χ0v) is 9.95. The van der Waals surface area contributed by atoms with Gasteiger partial charge in [-0.2, -0.15) is 5.26 Å². The van der Waals surface area contributed by atoms with Gasteiger partial charge in [0.1, 0.15) is 5.82 Å². The minimum atomic E-state index is 0.361. The van der Waals surface area contributed by atoms with Gasteiger partial charge in [-0.15, -0.1) is 0 Å². The van der Waals surface area contributed by atoms with Crippen molar-refractivity contribution in [3.63, 3.8) is 0 Å². The molecule has 15 heavy (non-hydrogen) atoms. The van der Waals surface area contributed by atoms with E-state index in [0.29, 0.717) is 6.42 Å². The second-order valence-electron chi connectivity index (χ2n) is 3.24. The van der Waals surface area contributed by atoms with Gasteiger partial charge in [0.05, 0.1) is 23.5 Å². The number of imidazole rings is 1. The number of hydrogen-bond donors (Lipinski definition) is 0. The third-order valence-corrected chi connectivity index (χ3v) is 2.84. The first-order valence-corrected chi connectivity index (χ1v) is 5.57. The molecule has 0 saturated heterocycles. The molecule has 0 spiro atoms. The predicted octanol–water partition coefficient (Wildman–Crippen LogP) is 2.88. The maximum Gasteiger partial charge on any atom is 0.124 e. The SMILES string of the molecule is CCn1c(CC#N)nc2cc(Br)ccc21. The summed E-state index contributed by atoms with van der Waals surface area (Å²) in [6.45, 7) is 2.90. The van der Waals surface area contributed by atoms with Gasteiger partial charge in [0.15, 0.2) is 0 Å². The number of nitrogens with zero attached hydrogens (tertiary/aromatic N) is 3. The van der Waals surface area contributed by atoms with E-state index < -0.39 is 0 Å². The average Bonchev–Trinajstić information content (AvgIpc) is 2.54. The number of halogens is 1. The highest BCUT2D eigenvalue weighted by molar-refractivity contribution is 9.10. The van der Waals surface area contributed by atoms with Crippen molar-refractivity contribution < 1.29 is 0 Å². The van der Waals surface area contributed by atoms with Gasteiger partial charge in [-0.25, -0.2) is 4.98 Å². The van der Waals surface area contributed by atoms with Crippen molar-refractivity contribution in [1.29, 1.82) is 5.26 Å². The molecule has 3 nitrogen and oxygen atoms in total. The van der Waals surface area contributed by atoms with Crippen LogP contribution < -0.4 is 0 Å². The fourth-order valence-electron chi connectivity index (χ4n) is 1.71. The summed E-state index contributed by atoms with van der Waals surface area (Å²) in [6, 6.07) is 8.13. The number of aromatic nitrogens is 2. The van der Waals surface area contributed by atoms with Crippen LogP contribution in [0.25, 0.3) is 11.0 Å². The zero-order chi connectivity index (χ0) is 10.8. The van der Waals surface area contributed by atoms with Crippen molar-refractivity contribution in [2.75, 3.05) is 0 Å². The molecule has 0 aliphatic rings. The molecular formula is C11H10BrN3. The van der Waals surface area contributed by atoms with Crippen LogP contribution in [-0.2, 0) is 13.0 Å². The lowest BCUT2D eigenvalue weighted by molar-refractivity contribution is 0.739. The topological polar surface area (TPSA) is 41.6 Å². The zero-order valence-electron chi connectivity index (χ0n) is 8.37. The first kappa shape index (κ1) is 10.2. The van der Waals surface area contributed by atoms with Crippen molar-refractivity contribution >= 4 is 27.0 Å². The van der Waals surface area contributed by atoms with Gasteiger partial charge in [-0.05, 0) is 25.1 Å². The lowest BCUT2D eigenvalue weighted by atomic mass is 10.3. The average molecular weight is 264 g/mol. The Morgan fingerprint density at radius 1 is 1.53 bits per heavy atom. The van der Waals surface area contributed by atoms with E-state index >= 15 is 0 Å². The molecule has 2 aromatic rings. The number of nitriles is 1. The Morgan fingerprint density at radius 3 is 3.00 bits per heavy atom. The lowest BCUT2D eigenvalue weighted by Crippen LogP contribution is -2.00. The Kier molecular flexibility index (Phi) is 2.74. The molecule has 0 aliphatic heterocycles. The largest absolute Gasteiger partial charge is 0.327 e. The third kappa shape index (κ3) is 1.75. The fourth-order valence-corrected chi connectivity index (χ4v) is 2.06. The van der Waals surface area contributed by atoms with E-state index in [0.717, 1.165) is 27.9 Å². The summed E-state index contributed by atoms with van der Waals surface area (Å²) in [6.07, 6.45) is 0.361. The molecule has 1 aromatic heterocycles. The van der Waals surface area contributed by atoms with E-state index in [1.165, 1.54) is 0 Å². The lowest BCUT2D eigenvalue weighted by Gasteiger charge is -2.02. The van der Waals surface area contributed by atoms with Crippen LogP contribution >= 0.6 is 15.9 Å². The van der Waals surface area contributed by atoms with Crippen molar-refractivity contribution in [2.24, 2.45) is 0 Å². The smallest absolute Gasteiger partial charge is 0.124 e.